The number of amides is 1. The summed E-state index contributed by atoms with van der Waals surface area (Å²) in [4.78, 5) is 24.0. The third-order valence-electron chi connectivity index (χ3n) is 4.19. The van der Waals surface area contributed by atoms with Crippen molar-refractivity contribution in [2.75, 3.05) is 7.11 Å². The maximum Gasteiger partial charge on any atom is 0.408 e. The number of nitro groups is 1. The number of hydrogen-bond donors (Lipinski definition) is 1. The van der Waals surface area contributed by atoms with Crippen molar-refractivity contribution in [2.24, 2.45) is 0 Å². The van der Waals surface area contributed by atoms with Gasteiger partial charge in [-0.25, -0.2) is 4.79 Å². The minimum atomic E-state index is -1.29. The minimum absolute atomic E-state index is 0.285. The lowest BCUT2D eigenvalue weighted by Gasteiger charge is -2.26. The second-order valence-corrected chi connectivity index (χ2v) is 7.52. The highest BCUT2D eigenvalue weighted by molar-refractivity contribution is 5.72. The van der Waals surface area contributed by atoms with Gasteiger partial charge < -0.3 is 14.8 Å². The first-order valence-corrected chi connectivity index (χ1v) is 9.13. The molecule has 1 N–H and O–H groups in total. The molecule has 0 fully saturated rings. The first kappa shape index (κ1) is 21.9. The summed E-state index contributed by atoms with van der Waals surface area (Å²) in [6.07, 6.45) is -0.744. The summed E-state index contributed by atoms with van der Waals surface area (Å²) in [6, 6.07) is 13.3. The molecule has 0 unspecified atom stereocenters. The van der Waals surface area contributed by atoms with Crippen LogP contribution in [0.4, 0.5) is 4.79 Å². The number of benzene rings is 2. The molecule has 0 saturated heterocycles. The molecule has 2 atom stereocenters. The van der Waals surface area contributed by atoms with Crippen molar-refractivity contribution in [3.63, 3.8) is 0 Å². The fourth-order valence-electron chi connectivity index (χ4n) is 2.86. The van der Waals surface area contributed by atoms with Crippen LogP contribution in [-0.2, 0) is 4.74 Å². The monoisotopic (exact) mass is 398 g/mol. The van der Waals surface area contributed by atoms with Gasteiger partial charge in [0.1, 0.15) is 17.4 Å². The first-order valence-electron chi connectivity index (χ1n) is 9.13. The summed E-state index contributed by atoms with van der Waals surface area (Å²) >= 11 is 0. The highest BCUT2D eigenvalue weighted by atomic mass is 16.6. The van der Waals surface area contributed by atoms with Gasteiger partial charge in [-0.2, -0.15) is 0 Å². The maximum atomic E-state index is 12.4. The fraction of sp³-hybridized carbons (Fsp3) is 0.318. The van der Waals surface area contributed by atoms with Crippen LogP contribution in [0.3, 0.4) is 0 Å². The fourth-order valence-corrected chi connectivity index (χ4v) is 2.86. The number of rotatable bonds is 7. The molecule has 0 bridgehead atoms. The van der Waals surface area contributed by atoms with Crippen molar-refractivity contribution in [1.29, 1.82) is 0 Å². The van der Waals surface area contributed by atoms with Crippen LogP contribution in [0.1, 0.15) is 37.9 Å². The van der Waals surface area contributed by atoms with Gasteiger partial charge in [-0.1, -0.05) is 49.0 Å². The van der Waals surface area contributed by atoms with Crippen molar-refractivity contribution in [1.82, 2.24) is 5.32 Å². The molecule has 0 aliphatic rings. The molecule has 154 valence electrons. The summed E-state index contributed by atoms with van der Waals surface area (Å²) < 4.78 is 10.5. The third kappa shape index (κ3) is 6.07. The average molecular weight is 398 g/mol. The molecule has 2 aromatic carbocycles. The number of nitrogens with zero attached hydrogens (tertiary/aromatic N) is 1. The molecule has 7 nitrogen and oxygen atoms in total. The number of carbonyl (C=O) groups is 1. The zero-order valence-electron chi connectivity index (χ0n) is 17.0. The summed E-state index contributed by atoms with van der Waals surface area (Å²) in [5.41, 5.74) is 0.705. The van der Waals surface area contributed by atoms with Crippen molar-refractivity contribution in [2.45, 2.75) is 38.5 Å². The summed E-state index contributed by atoms with van der Waals surface area (Å²) in [7, 11) is 1.53. The van der Waals surface area contributed by atoms with E-state index in [1.165, 1.54) is 7.11 Å². The third-order valence-corrected chi connectivity index (χ3v) is 4.19. The van der Waals surface area contributed by atoms with E-state index in [0.29, 0.717) is 16.9 Å². The topological polar surface area (TPSA) is 90.7 Å². The molecular weight excluding hydrogens is 372 g/mol. The number of hydrogen-bond acceptors (Lipinski definition) is 5. The molecule has 7 heteroatoms. The maximum absolute atomic E-state index is 12.4. The second kappa shape index (κ2) is 9.23. The van der Waals surface area contributed by atoms with E-state index in [1.54, 1.807) is 69.3 Å². The largest absolute Gasteiger partial charge is 0.497 e. The van der Waals surface area contributed by atoms with Gasteiger partial charge in [0.05, 0.1) is 7.11 Å². The van der Waals surface area contributed by atoms with Crippen molar-refractivity contribution in [3.05, 3.63) is 82.4 Å². The van der Waals surface area contributed by atoms with E-state index in [4.69, 9.17) is 9.47 Å². The number of alkyl carbamates (subject to hydrolysis) is 1. The lowest BCUT2D eigenvalue weighted by molar-refractivity contribution is -0.510. The average Bonchev–Trinajstić information content (AvgIpc) is 2.66. The highest BCUT2D eigenvalue weighted by Crippen LogP contribution is 2.30. The van der Waals surface area contributed by atoms with Crippen LogP contribution < -0.4 is 10.1 Å². The van der Waals surface area contributed by atoms with Gasteiger partial charge in [0.15, 0.2) is 0 Å². The van der Waals surface area contributed by atoms with E-state index < -0.39 is 28.7 Å². The van der Waals surface area contributed by atoms with Crippen molar-refractivity contribution in [3.8, 4) is 5.75 Å². The first-order chi connectivity index (χ1) is 13.6. The van der Waals surface area contributed by atoms with Gasteiger partial charge in [-0.05, 0) is 44.0 Å². The molecule has 0 saturated carbocycles. The zero-order valence-corrected chi connectivity index (χ0v) is 17.0. The minimum Gasteiger partial charge on any atom is -0.497 e. The van der Waals surface area contributed by atoms with Gasteiger partial charge in [-0.3, -0.25) is 10.1 Å². The Morgan fingerprint density at radius 2 is 1.69 bits per heavy atom. The number of nitrogens with one attached hydrogen (secondary N) is 1. The molecule has 0 aromatic heterocycles. The van der Waals surface area contributed by atoms with Gasteiger partial charge in [0.2, 0.25) is 0 Å². The van der Waals surface area contributed by atoms with Crippen LogP contribution in [0.15, 0.2) is 61.2 Å². The van der Waals surface area contributed by atoms with Crippen LogP contribution >= 0.6 is 0 Å². The van der Waals surface area contributed by atoms with Crippen LogP contribution in [0.25, 0.3) is 5.57 Å². The normalized spacial score (nSPS) is 13.1. The number of carbonyl (C=O) groups excluding carboxylic acids is 1. The Morgan fingerprint density at radius 3 is 2.17 bits per heavy atom. The SMILES string of the molecule is C=C(c1ccccc1)[C@H]([C@@H](NC(=O)OC(C)(C)C)c1ccc(OC)cc1)[N+](=O)[O-]. The molecule has 0 aliphatic carbocycles. The molecule has 0 spiro atoms. The molecule has 2 rings (SSSR count). The molecule has 0 heterocycles. The molecule has 29 heavy (non-hydrogen) atoms. The molecular formula is C22H26N2O5. The summed E-state index contributed by atoms with van der Waals surface area (Å²) in [5, 5.41) is 14.7. The molecule has 0 radical (unpaired) electrons. The van der Waals surface area contributed by atoms with Crippen LogP contribution in [0.5, 0.6) is 5.75 Å². The van der Waals surface area contributed by atoms with E-state index in [1.807, 2.05) is 6.07 Å². The van der Waals surface area contributed by atoms with Crippen molar-refractivity contribution >= 4 is 11.7 Å². The number of methoxy groups -OCH3 is 1. The van der Waals surface area contributed by atoms with Crippen LogP contribution in [0, 0.1) is 10.1 Å². The smallest absolute Gasteiger partial charge is 0.408 e. The Kier molecular flexibility index (Phi) is 6.98. The van der Waals surface area contributed by atoms with E-state index in [-0.39, 0.29) is 5.57 Å². The van der Waals surface area contributed by atoms with E-state index >= 15 is 0 Å². The zero-order chi connectivity index (χ0) is 21.6. The standard InChI is InChI=1S/C22H26N2O5/c1-15(16-9-7-6-8-10-16)20(24(26)27)19(23-21(25)29-22(2,3)4)17-11-13-18(28-5)14-12-17/h6-14,19-20H,1H2,2-5H3,(H,23,25)/t19-,20+/m0/s1. The Labute approximate surface area is 170 Å². The van der Waals surface area contributed by atoms with E-state index in [0.717, 1.165) is 0 Å². The van der Waals surface area contributed by atoms with Crippen molar-refractivity contribution < 1.29 is 19.2 Å². The molecule has 0 aliphatic heterocycles. The van der Waals surface area contributed by atoms with Crippen LogP contribution in [0.2, 0.25) is 0 Å². The van der Waals surface area contributed by atoms with Gasteiger partial charge in [0.25, 0.3) is 6.04 Å². The summed E-state index contributed by atoms with van der Waals surface area (Å²) in [5.74, 6) is 0.601. The van der Waals surface area contributed by atoms with Gasteiger partial charge >= 0.3 is 6.09 Å². The predicted octanol–water partition coefficient (Wildman–Crippen LogP) is 4.62. The van der Waals surface area contributed by atoms with Gasteiger partial charge in [-0.15, -0.1) is 0 Å². The Morgan fingerprint density at radius 1 is 1.10 bits per heavy atom. The Bertz CT molecular complexity index is 857. The van der Waals surface area contributed by atoms with E-state index in [2.05, 4.69) is 11.9 Å². The molecule has 1 amide bonds. The second-order valence-electron chi connectivity index (χ2n) is 7.52. The van der Waals surface area contributed by atoms with Crippen LogP contribution in [-0.4, -0.2) is 29.8 Å². The Balaban J connectivity index is 2.45. The lowest BCUT2D eigenvalue weighted by Crippen LogP contribution is -2.42. The summed E-state index contributed by atoms with van der Waals surface area (Å²) in [6.45, 7) is 9.13. The van der Waals surface area contributed by atoms with E-state index in [9.17, 15) is 14.9 Å². The quantitative estimate of drug-likeness (QED) is 0.543. The Hall–Kier alpha value is -3.35. The highest BCUT2D eigenvalue weighted by Gasteiger charge is 2.38. The predicted molar refractivity (Wildman–Crippen MR) is 111 cm³/mol. The number of ether oxygens (including phenoxy) is 2. The lowest BCUT2D eigenvalue weighted by atomic mass is 9.90. The van der Waals surface area contributed by atoms with Gasteiger partial charge in [0, 0.05) is 10.5 Å². The molecule has 2 aromatic rings.